The molecule has 0 radical (unpaired) electrons. The van der Waals surface area contributed by atoms with Gasteiger partial charge in [0.2, 0.25) is 0 Å². The minimum absolute atomic E-state index is 0.159. The van der Waals surface area contributed by atoms with Crippen LogP contribution in [0.5, 0.6) is 0 Å². The molecule has 0 spiro atoms. The molecule has 0 aliphatic heterocycles. The first kappa shape index (κ1) is 10.8. The van der Waals surface area contributed by atoms with Gasteiger partial charge in [0, 0.05) is 10.6 Å². The number of hydrogen-bond acceptors (Lipinski definition) is 1. The molecule has 0 aliphatic carbocycles. The zero-order chi connectivity index (χ0) is 10.8. The number of furan rings is 1. The second-order valence-electron chi connectivity index (χ2n) is 3.40. The Balaban J connectivity index is 2.28. The minimum atomic E-state index is 0.159. The van der Waals surface area contributed by atoms with Gasteiger partial charge in [-0.25, -0.2) is 0 Å². The highest BCUT2D eigenvalue weighted by molar-refractivity contribution is 9.09. The molecule has 2 aromatic rings. The molecule has 0 amide bonds. The smallest absolute Gasteiger partial charge is 0.101 e. The lowest BCUT2D eigenvalue weighted by molar-refractivity contribution is 0.532. The SMILES string of the molecule is Cc1cc(C(Br)c2ccc(Cl)cc2)co1. The Morgan fingerprint density at radius 2 is 1.87 bits per heavy atom. The first-order valence-electron chi connectivity index (χ1n) is 4.61. The van der Waals surface area contributed by atoms with E-state index in [1.54, 1.807) is 6.26 Å². The Bertz CT molecular complexity index is 447. The molecule has 0 N–H and O–H groups in total. The van der Waals surface area contributed by atoms with Crippen LogP contribution in [-0.4, -0.2) is 0 Å². The van der Waals surface area contributed by atoms with Crippen molar-refractivity contribution in [1.29, 1.82) is 0 Å². The molecule has 78 valence electrons. The highest BCUT2D eigenvalue weighted by atomic mass is 79.9. The number of rotatable bonds is 2. The van der Waals surface area contributed by atoms with E-state index in [0.717, 1.165) is 16.3 Å². The van der Waals surface area contributed by atoms with Crippen LogP contribution < -0.4 is 0 Å². The molecule has 1 atom stereocenters. The van der Waals surface area contributed by atoms with Crippen molar-refractivity contribution in [3.05, 3.63) is 58.5 Å². The van der Waals surface area contributed by atoms with E-state index < -0.39 is 0 Å². The molecule has 0 saturated carbocycles. The van der Waals surface area contributed by atoms with Crippen LogP contribution in [-0.2, 0) is 0 Å². The van der Waals surface area contributed by atoms with Gasteiger partial charge in [-0.1, -0.05) is 39.7 Å². The summed E-state index contributed by atoms with van der Waals surface area (Å²) in [5.41, 5.74) is 2.29. The van der Waals surface area contributed by atoms with Gasteiger partial charge in [0.05, 0.1) is 11.1 Å². The van der Waals surface area contributed by atoms with Crippen LogP contribution in [0.4, 0.5) is 0 Å². The lowest BCUT2D eigenvalue weighted by atomic mass is 10.1. The normalized spacial score (nSPS) is 12.7. The van der Waals surface area contributed by atoms with E-state index in [1.165, 1.54) is 5.56 Å². The van der Waals surface area contributed by atoms with Gasteiger partial charge < -0.3 is 4.42 Å². The molecule has 1 aromatic heterocycles. The van der Waals surface area contributed by atoms with E-state index >= 15 is 0 Å². The standard InChI is InChI=1S/C12H10BrClO/c1-8-6-10(7-15-8)12(13)9-2-4-11(14)5-3-9/h2-7,12H,1H3. The topological polar surface area (TPSA) is 13.1 Å². The van der Waals surface area contributed by atoms with Crippen LogP contribution in [0.1, 0.15) is 21.7 Å². The molecule has 1 nitrogen and oxygen atoms in total. The van der Waals surface area contributed by atoms with Crippen LogP contribution in [0.15, 0.2) is 41.0 Å². The van der Waals surface area contributed by atoms with Crippen molar-refractivity contribution in [2.45, 2.75) is 11.8 Å². The Hall–Kier alpha value is -0.730. The summed E-state index contributed by atoms with van der Waals surface area (Å²) in [7, 11) is 0. The summed E-state index contributed by atoms with van der Waals surface area (Å²) in [6.07, 6.45) is 1.77. The van der Waals surface area contributed by atoms with E-state index in [9.17, 15) is 0 Å². The summed E-state index contributed by atoms with van der Waals surface area (Å²) in [6.45, 7) is 1.94. The predicted octanol–water partition coefficient (Wildman–Crippen LogP) is 4.73. The van der Waals surface area contributed by atoms with Crippen molar-refractivity contribution in [3.8, 4) is 0 Å². The summed E-state index contributed by atoms with van der Waals surface area (Å²) in [5, 5.41) is 0.752. The number of alkyl halides is 1. The third-order valence-electron chi connectivity index (χ3n) is 2.21. The molecule has 0 aliphatic rings. The molecule has 1 heterocycles. The van der Waals surface area contributed by atoms with Crippen LogP contribution in [0.2, 0.25) is 5.02 Å². The third-order valence-corrected chi connectivity index (χ3v) is 3.52. The Morgan fingerprint density at radius 1 is 1.20 bits per heavy atom. The van der Waals surface area contributed by atoms with Crippen molar-refractivity contribution in [2.24, 2.45) is 0 Å². The van der Waals surface area contributed by atoms with Gasteiger partial charge in [0.15, 0.2) is 0 Å². The van der Waals surface area contributed by atoms with Crippen molar-refractivity contribution in [2.75, 3.05) is 0 Å². The lowest BCUT2D eigenvalue weighted by Crippen LogP contribution is -1.89. The molecule has 1 unspecified atom stereocenters. The average Bonchev–Trinajstić information content (AvgIpc) is 2.65. The van der Waals surface area contributed by atoms with Gasteiger partial charge in [0.1, 0.15) is 5.76 Å². The van der Waals surface area contributed by atoms with Gasteiger partial charge in [-0.05, 0) is 30.7 Å². The Morgan fingerprint density at radius 3 is 2.40 bits per heavy atom. The van der Waals surface area contributed by atoms with Crippen LogP contribution in [0.3, 0.4) is 0 Å². The predicted molar refractivity (Wildman–Crippen MR) is 65.7 cm³/mol. The zero-order valence-corrected chi connectivity index (χ0v) is 10.5. The maximum atomic E-state index is 5.83. The maximum absolute atomic E-state index is 5.83. The first-order chi connectivity index (χ1) is 7.16. The van der Waals surface area contributed by atoms with E-state index in [2.05, 4.69) is 15.9 Å². The third kappa shape index (κ3) is 2.44. The van der Waals surface area contributed by atoms with E-state index in [0.29, 0.717) is 0 Å². The Labute approximate surface area is 102 Å². The molecule has 1 aromatic carbocycles. The molecule has 15 heavy (non-hydrogen) atoms. The number of aryl methyl sites for hydroxylation is 1. The fourth-order valence-corrected chi connectivity index (χ4v) is 2.09. The monoisotopic (exact) mass is 284 g/mol. The first-order valence-corrected chi connectivity index (χ1v) is 5.91. The van der Waals surface area contributed by atoms with Crippen LogP contribution >= 0.6 is 27.5 Å². The van der Waals surface area contributed by atoms with Crippen molar-refractivity contribution in [1.82, 2.24) is 0 Å². The highest BCUT2D eigenvalue weighted by Gasteiger charge is 2.12. The maximum Gasteiger partial charge on any atom is 0.101 e. The quantitative estimate of drug-likeness (QED) is 0.727. The number of halogens is 2. The van der Waals surface area contributed by atoms with Gasteiger partial charge in [-0.15, -0.1) is 0 Å². The second kappa shape index (κ2) is 4.42. The highest BCUT2D eigenvalue weighted by Crippen LogP contribution is 2.32. The molecule has 2 rings (SSSR count). The van der Waals surface area contributed by atoms with Crippen LogP contribution in [0.25, 0.3) is 0 Å². The number of hydrogen-bond donors (Lipinski definition) is 0. The van der Waals surface area contributed by atoms with E-state index in [-0.39, 0.29) is 4.83 Å². The van der Waals surface area contributed by atoms with E-state index in [1.807, 2.05) is 37.3 Å². The van der Waals surface area contributed by atoms with Gasteiger partial charge in [-0.2, -0.15) is 0 Å². The summed E-state index contributed by atoms with van der Waals surface area (Å²) in [6, 6.07) is 9.80. The van der Waals surface area contributed by atoms with Crippen molar-refractivity contribution < 1.29 is 4.42 Å². The summed E-state index contributed by atoms with van der Waals surface area (Å²) < 4.78 is 5.27. The molecular formula is C12H10BrClO. The molecule has 0 bridgehead atoms. The molecular weight excluding hydrogens is 275 g/mol. The molecule has 3 heteroatoms. The fourth-order valence-electron chi connectivity index (χ4n) is 1.42. The zero-order valence-electron chi connectivity index (χ0n) is 8.21. The van der Waals surface area contributed by atoms with Gasteiger partial charge >= 0.3 is 0 Å². The Kier molecular flexibility index (Phi) is 3.17. The minimum Gasteiger partial charge on any atom is -0.469 e. The number of benzene rings is 1. The van der Waals surface area contributed by atoms with Crippen molar-refractivity contribution >= 4 is 27.5 Å². The second-order valence-corrected chi connectivity index (χ2v) is 4.76. The molecule has 0 fully saturated rings. The van der Waals surface area contributed by atoms with Crippen LogP contribution in [0, 0.1) is 6.92 Å². The lowest BCUT2D eigenvalue weighted by Gasteiger charge is -2.07. The van der Waals surface area contributed by atoms with Gasteiger partial charge in [0.25, 0.3) is 0 Å². The largest absolute Gasteiger partial charge is 0.469 e. The summed E-state index contributed by atoms with van der Waals surface area (Å²) >= 11 is 9.46. The summed E-state index contributed by atoms with van der Waals surface area (Å²) in [4.78, 5) is 0.159. The summed E-state index contributed by atoms with van der Waals surface area (Å²) in [5.74, 6) is 0.920. The van der Waals surface area contributed by atoms with Crippen molar-refractivity contribution in [3.63, 3.8) is 0 Å². The van der Waals surface area contributed by atoms with Gasteiger partial charge in [-0.3, -0.25) is 0 Å². The van der Waals surface area contributed by atoms with E-state index in [4.69, 9.17) is 16.0 Å². The molecule has 0 saturated heterocycles. The fraction of sp³-hybridized carbons (Fsp3) is 0.167. The average molecular weight is 286 g/mol.